The van der Waals surface area contributed by atoms with Crippen molar-refractivity contribution in [3.8, 4) is 0 Å². The fourth-order valence-electron chi connectivity index (χ4n) is 3.03. The van der Waals surface area contributed by atoms with Crippen LogP contribution in [0.1, 0.15) is 22.9 Å². The summed E-state index contributed by atoms with van der Waals surface area (Å²) in [5, 5.41) is 5.11. The van der Waals surface area contributed by atoms with Crippen molar-refractivity contribution in [3.05, 3.63) is 58.0 Å². The van der Waals surface area contributed by atoms with Gasteiger partial charge in [-0.05, 0) is 35.6 Å². The van der Waals surface area contributed by atoms with Gasteiger partial charge < -0.3 is 10.1 Å². The highest BCUT2D eigenvalue weighted by Gasteiger charge is 2.23. The Balaban J connectivity index is 1.52. The van der Waals surface area contributed by atoms with Crippen molar-refractivity contribution in [2.24, 2.45) is 0 Å². The third-order valence-electron chi connectivity index (χ3n) is 4.38. The molecule has 1 aliphatic heterocycles. The number of carbonyl (C=O) groups is 1. The van der Waals surface area contributed by atoms with E-state index in [4.69, 9.17) is 4.74 Å². The second-order valence-electron chi connectivity index (χ2n) is 6.11. The Labute approximate surface area is 151 Å². The van der Waals surface area contributed by atoms with Crippen LogP contribution < -0.4 is 5.32 Å². The van der Waals surface area contributed by atoms with Crippen LogP contribution in [0.2, 0.25) is 0 Å². The molecule has 0 spiro atoms. The van der Waals surface area contributed by atoms with Gasteiger partial charge in [0.05, 0.1) is 19.3 Å². The summed E-state index contributed by atoms with van der Waals surface area (Å²) >= 11 is 1.71. The van der Waals surface area contributed by atoms with Crippen LogP contribution in [-0.2, 0) is 16.0 Å². The molecule has 134 valence electrons. The third-order valence-corrected chi connectivity index (χ3v) is 5.35. The Morgan fingerprint density at radius 2 is 2.12 bits per heavy atom. The first-order valence-corrected chi connectivity index (χ1v) is 9.46. The molecule has 1 unspecified atom stereocenters. The quantitative estimate of drug-likeness (QED) is 0.823. The van der Waals surface area contributed by atoms with E-state index in [1.165, 1.54) is 17.0 Å². The summed E-state index contributed by atoms with van der Waals surface area (Å²) in [6.07, 6.45) is 0.911. The second-order valence-corrected chi connectivity index (χ2v) is 7.09. The van der Waals surface area contributed by atoms with E-state index >= 15 is 0 Å². The normalized spacial score (nSPS) is 16.5. The molecule has 6 heteroatoms. The molecule has 0 bridgehead atoms. The van der Waals surface area contributed by atoms with Crippen molar-refractivity contribution < 1.29 is 13.9 Å². The maximum Gasteiger partial charge on any atom is 0.220 e. The highest BCUT2D eigenvalue weighted by atomic mass is 32.1. The predicted molar refractivity (Wildman–Crippen MR) is 97.2 cm³/mol. The van der Waals surface area contributed by atoms with E-state index in [2.05, 4.69) is 21.7 Å². The lowest BCUT2D eigenvalue weighted by molar-refractivity contribution is -0.121. The maximum absolute atomic E-state index is 13.2. The van der Waals surface area contributed by atoms with E-state index in [-0.39, 0.29) is 17.8 Å². The van der Waals surface area contributed by atoms with Gasteiger partial charge in [-0.2, -0.15) is 0 Å². The number of ether oxygens (including phenoxy) is 1. The molecule has 2 aromatic rings. The molecule has 1 saturated heterocycles. The second kappa shape index (κ2) is 9.08. The summed E-state index contributed by atoms with van der Waals surface area (Å²) in [5.41, 5.74) is 0.845. The number of benzene rings is 1. The highest BCUT2D eigenvalue weighted by Crippen LogP contribution is 2.25. The molecule has 1 atom stereocenters. The number of halogens is 1. The minimum absolute atomic E-state index is 0.000855. The zero-order valence-corrected chi connectivity index (χ0v) is 14.9. The highest BCUT2D eigenvalue weighted by molar-refractivity contribution is 7.10. The van der Waals surface area contributed by atoms with Crippen LogP contribution in [0.15, 0.2) is 41.8 Å². The number of nitrogens with zero attached hydrogens (tertiary/aromatic N) is 1. The minimum atomic E-state index is -0.261. The fraction of sp³-hybridized carbons (Fsp3) is 0.421. The number of thiophene rings is 1. The molecule has 1 fully saturated rings. The smallest absolute Gasteiger partial charge is 0.220 e. The lowest BCUT2D eigenvalue weighted by atomic mass is 10.1. The van der Waals surface area contributed by atoms with Crippen LogP contribution in [0.5, 0.6) is 0 Å². The van der Waals surface area contributed by atoms with Crippen LogP contribution in [0.4, 0.5) is 4.39 Å². The number of amides is 1. The van der Waals surface area contributed by atoms with E-state index < -0.39 is 0 Å². The predicted octanol–water partition coefficient (Wildman–Crippen LogP) is 3.01. The van der Waals surface area contributed by atoms with E-state index in [9.17, 15) is 9.18 Å². The largest absolute Gasteiger partial charge is 0.379 e. The minimum Gasteiger partial charge on any atom is -0.379 e. The molecule has 1 aromatic carbocycles. The lowest BCUT2D eigenvalue weighted by Crippen LogP contribution is -2.43. The Bertz CT molecular complexity index is 672. The molecule has 0 aliphatic carbocycles. The first-order chi connectivity index (χ1) is 12.2. The number of carbonyl (C=O) groups excluding carboxylic acids is 1. The van der Waals surface area contributed by atoms with Crippen molar-refractivity contribution in [1.29, 1.82) is 0 Å². The van der Waals surface area contributed by atoms with Gasteiger partial charge in [0.1, 0.15) is 5.82 Å². The standard InChI is InChI=1S/C19H23FN2O2S/c20-16-4-1-3-15(13-16)6-7-19(23)21-14-17(18-5-2-12-25-18)22-8-10-24-11-9-22/h1-5,12-13,17H,6-11,14H2,(H,21,23). The van der Waals surface area contributed by atoms with Gasteiger partial charge in [-0.1, -0.05) is 18.2 Å². The maximum atomic E-state index is 13.2. The Morgan fingerprint density at radius 3 is 2.84 bits per heavy atom. The summed E-state index contributed by atoms with van der Waals surface area (Å²) in [6, 6.07) is 10.8. The Kier molecular flexibility index (Phi) is 6.55. The van der Waals surface area contributed by atoms with Gasteiger partial charge in [0, 0.05) is 30.9 Å². The molecule has 1 aromatic heterocycles. The monoisotopic (exact) mass is 362 g/mol. The Hall–Kier alpha value is -1.76. The molecule has 25 heavy (non-hydrogen) atoms. The molecule has 1 amide bonds. The number of aryl methyl sites for hydroxylation is 1. The molecule has 4 nitrogen and oxygen atoms in total. The first-order valence-electron chi connectivity index (χ1n) is 8.59. The molecule has 0 radical (unpaired) electrons. The topological polar surface area (TPSA) is 41.6 Å². The van der Waals surface area contributed by atoms with Crippen molar-refractivity contribution >= 4 is 17.2 Å². The summed E-state index contributed by atoms with van der Waals surface area (Å²) in [7, 11) is 0. The number of morpholine rings is 1. The summed E-state index contributed by atoms with van der Waals surface area (Å²) in [4.78, 5) is 15.8. The molecular formula is C19H23FN2O2S. The Morgan fingerprint density at radius 1 is 1.28 bits per heavy atom. The molecule has 2 heterocycles. The van der Waals surface area contributed by atoms with Crippen molar-refractivity contribution in [2.45, 2.75) is 18.9 Å². The first kappa shape index (κ1) is 18.0. The molecule has 1 aliphatic rings. The zero-order valence-electron chi connectivity index (χ0n) is 14.1. The number of hydrogen-bond donors (Lipinski definition) is 1. The van der Waals surface area contributed by atoms with Crippen LogP contribution in [0, 0.1) is 5.82 Å². The van der Waals surface area contributed by atoms with Crippen LogP contribution in [0.25, 0.3) is 0 Å². The van der Waals surface area contributed by atoms with Crippen molar-refractivity contribution in [2.75, 3.05) is 32.8 Å². The average molecular weight is 362 g/mol. The van der Waals surface area contributed by atoms with Crippen LogP contribution in [-0.4, -0.2) is 43.7 Å². The zero-order chi connectivity index (χ0) is 17.5. The fourth-order valence-corrected chi connectivity index (χ4v) is 3.89. The van der Waals surface area contributed by atoms with E-state index in [1.807, 2.05) is 12.1 Å². The molecule has 3 rings (SSSR count). The summed E-state index contributed by atoms with van der Waals surface area (Å²) in [5.74, 6) is -0.262. The summed E-state index contributed by atoms with van der Waals surface area (Å²) < 4.78 is 18.6. The van der Waals surface area contributed by atoms with Gasteiger partial charge in [-0.15, -0.1) is 11.3 Å². The van der Waals surface area contributed by atoms with Gasteiger partial charge in [-0.25, -0.2) is 4.39 Å². The van der Waals surface area contributed by atoms with Crippen molar-refractivity contribution in [3.63, 3.8) is 0 Å². The van der Waals surface area contributed by atoms with Crippen molar-refractivity contribution in [1.82, 2.24) is 10.2 Å². The average Bonchev–Trinajstić information content (AvgIpc) is 3.15. The number of hydrogen-bond acceptors (Lipinski definition) is 4. The summed E-state index contributed by atoms with van der Waals surface area (Å²) in [6.45, 7) is 3.80. The lowest BCUT2D eigenvalue weighted by Gasteiger charge is -2.34. The van der Waals surface area contributed by atoms with Gasteiger partial charge in [-0.3, -0.25) is 9.69 Å². The molecular weight excluding hydrogens is 339 g/mol. The van der Waals surface area contributed by atoms with Crippen LogP contribution in [0.3, 0.4) is 0 Å². The van der Waals surface area contributed by atoms with Gasteiger partial charge in [0.25, 0.3) is 0 Å². The van der Waals surface area contributed by atoms with Gasteiger partial charge >= 0.3 is 0 Å². The molecule has 1 N–H and O–H groups in total. The number of nitrogens with one attached hydrogen (secondary N) is 1. The van der Waals surface area contributed by atoms with E-state index in [0.717, 1.165) is 31.9 Å². The van der Waals surface area contributed by atoms with Gasteiger partial charge in [0.15, 0.2) is 0 Å². The van der Waals surface area contributed by atoms with Gasteiger partial charge in [0.2, 0.25) is 5.91 Å². The van der Waals surface area contributed by atoms with E-state index in [1.54, 1.807) is 17.4 Å². The SMILES string of the molecule is O=C(CCc1cccc(F)c1)NCC(c1cccs1)N1CCOCC1. The van der Waals surface area contributed by atoms with Crippen LogP contribution >= 0.6 is 11.3 Å². The third kappa shape index (κ3) is 5.36. The van der Waals surface area contributed by atoms with E-state index in [0.29, 0.717) is 19.4 Å². The molecule has 0 saturated carbocycles. The number of rotatable bonds is 7.